The highest BCUT2D eigenvalue weighted by Gasteiger charge is 2.19. The number of nitrogens with zero attached hydrogens (tertiary/aromatic N) is 1. The fourth-order valence-electron chi connectivity index (χ4n) is 2.21. The van der Waals surface area contributed by atoms with Crippen LogP contribution in [0.1, 0.15) is 18.1 Å². The summed E-state index contributed by atoms with van der Waals surface area (Å²) in [5.41, 5.74) is 4.20. The third-order valence-electron chi connectivity index (χ3n) is 3.46. The summed E-state index contributed by atoms with van der Waals surface area (Å²) < 4.78 is 0. The molecule has 0 radical (unpaired) electrons. The van der Waals surface area contributed by atoms with Gasteiger partial charge in [0.1, 0.15) is 11.4 Å². The Bertz CT molecular complexity index is 669. The molecule has 0 aliphatic carbocycles. The number of rotatable bonds is 5. The van der Waals surface area contributed by atoms with Gasteiger partial charge in [-0.25, -0.2) is 0 Å². The molecule has 21 heavy (non-hydrogen) atoms. The van der Waals surface area contributed by atoms with E-state index < -0.39 is 0 Å². The maximum atomic E-state index is 11.4. The first kappa shape index (κ1) is 14.8. The Morgan fingerprint density at radius 3 is 2.33 bits per heavy atom. The summed E-state index contributed by atoms with van der Waals surface area (Å²) in [5, 5.41) is 17.6. The Balaban J connectivity index is 2.46. The van der Waals surface area contributed by atoms with E-state index in [1.807, 2.05) is 39.0 Å². The van der Waals surface area contributed by atoms with Crippen LogP contribution < -0.4 is 10.6 Å². The van der Waals surface area contributed by atoms with Crippen molar-refractivity contribution < 1.29 is 4.92 Å². The van der Waals surface area contributed by atoms with Gasteiger partial charge in [-0.15, -0.1) is 0 Å². The number of aryl methyl sites for hydroxylation is 1. The Hall–Kier alpha value is -2.56. The van der Waals surface area contributed by atoms with E-state index in [9.17, 15) is 10.1 Å². The molecule has 0 amide bonds. The molecule has 5 heteroatoms. The van der Waals surface area contributed by atoms with Crippen molar-refractivity contribution in [3.05, 3.63) is 57.6 Å². The molecular weight excluding hydrogens is 266 g/mol. The molecule has 0 fully saturated rings. The van der Waals surface area contributed by atoms with E-state index in [2.05, 4.69) is 10.6 Å². The van der Waals surface area contributed by atoms with E-state index in [-0.39, 0.29) is 10.6 Å². The maximum absolute atomic E-state index is 11.4. The maximum Gasteiger partial charge on any atom is 0.315 e. The van der Waals surface area contributed by atoms with Crippen molar-refractivity contribution in [1.82, 2.24) is 0 Å². The van der Waals surface area contributed by atoms with Gasteiger partial charge in [-0.05, 0) is 50.1 Å². The van der Waals surface area contributed by atoms with Gasteiger partial charge < -0.3 is 10.6 Å². The zero-order valence-corrected chi connectivity index (χ0v) is 12.4. The third-order valence-corrected chi connectivity index (χ3v) is 3.46. The molecule has 0 aliphatic rings. The average molecular weight is 285 g/mol. The number of hydrogen-bond acceptors (Lipinski definition) is 4. The first-order chi connectivity index (χ1) is 10.0. The minimum absolute atomic E-state index is 0.0697. The number of nitro groups is 1. The second-order valence-electron chi connectivity index (χ2n) is 4.86. The SMILES string of the molecule is CCNc1cccc(Nc2cccc(C)c2C)c1[N+](=O)[O-]. The number of nitrogens with one attached hydrogen (secondary N) is 2. The van der Waals surface area contributed by atoms with Crippen molar-refractivity contribution in [1.29, 1.82) is 0 Å². The molecule has 2 aromatic rings. The van der Waals surface area contributed by atoms with Gasteiger partial charge in [0.25, 0.3) is 0 Å². The number of para-hydroxylation sites is 1. The highest BCUT2D eigenvalue weighted by molar-refractivity contribution is 5.80. The van der Waals surface area contributed by atoms with Crippen LogP contribution >= 0.6 is 0 Å². The van der Waals surface area contributed by atoms with Gasteiger partial charge >= 0.3 is 5.69 Å². The lowest BCUT2D eigenvalue weighted by Crippen LogP contribution is -2.04. The smallest absolute Gasteiger partial charge is 0.315 e. The van der Waals surface area contributed by atoms with E-state index in [4.69, 9.17) is 0 Å². The second-order valence-corrected chi connectivity index (χ2v) is 4.86. The molecule has 0 saturated heterocycles. The van der Waals surface area contributed by atoms with Crippen LogP contribution in [0.3, 0.4) is 0 Å². The molecule has 0 atom stereocenters. The Kier molecular flexibility index (Phi) is 4.42. The van der Waals surface area contributed by atoms with E-state index in [1.54, 1.807) is 18.2 Å². The Morgan fingerprint density at radius 2 is 1.67 bits per heavy atom. The molecule has 0 heterocycles. The third kappa shape index (κ3) is 3.13. The van der Waals surface area contributed by atoms with Crippen LogP contribution in [0, 0.1) is 24.0 Å². The molecular formula is C16H19N3O2. The van der Waals surface area contributed by atoms with E-state index in [0.717, 1.165) is 16.8 Å². The average Bonchev–Trinajstić information content (AvgIpc) is 2.44. The molecule has 2 aromatic carbocycles. The van der Waals surface area contributed by atoms with Crippen molar-refractivity contribution in [2.24, 2.45) is 0 Å². The van der Waals surface area contributed by atoms with E-state index in [0.29, 0.717) is 17.9 Å². The summed E-state index contributed by atoms with van der Waals surface area (Å²) in [6.07, 6.45) is 0. The zero-order chi connectivity index (χ0) is 15.4. The van der Waals surface area contributed by atoms with E-state index >= 15 is 0 Å². The van der Waals surface area contributed by atoms with Crippen LogP contribution in [0.4, 0.5) is 22.7 Å². The zero-order valence-electron chi connectivity index (χ0n) is 12.4. The summed E-state index contributed by atoms with van der Waals surface area (Å²) in [6, 6.07) is 11.1. The first-order valence-electron chi connectivity index (χ1n) is 6.89. The summed E-state index contributed by atoms with van der Waals surface area (Å²) in [6.45, 7) is 6.56. The fraction of sp³-hybridized carbons (Fsp3) is 0.250. The summed E-state index contributed by atoms with van der Waals surface area (Å²) in [4.78, 5) is 11.0. The molecule has 0 aromatic heterocycles. The van der Waals surface area contributed by atoms with Crippen LogP contribution in [-0.2, 0) is 0 Å². The molecule has 0 saturated carbocycles. The van der Waals surface area contributed by atoms with Crippen LogP contribution in [-0.4, -0.2) is 11.5 Å². The van der Waals surface area contributed by atoms with Crippen LogP contribution in [0.25, 0.3) is 0 Å². The first-order valence-corrected chi connectivity index (χ1v) is 6.89. The minimum atomic E-state index is -0.356. The highest BCUT2D eigenvalue weighted by atomic mass is 16.6. The van der Waals surface area contributed by atoms with Crippen LogP contribution in [0.5, 0.6) is 0 Å². The van der Waals surface area contributed by atoms with Gasteiger partial charge in [-0.1, -0.05) is 18.2 Å². The molecule has 2 N–H and O–H groups in total. The van der Waals surface area contributed by atoms with Crippen LogP contribution in [0.15, 0.2) is 36.4 Å². The van der Waals surface area contributed by atoms with Gasteiger partial charge in [0.15, 0.2) is 0 Å². The molecule has 0 spiro atoms. The second kappa shape index (κ2) is 6.26. The topological polar surface area (TPSA) is 67.2 Å². The van der Waals surface area contributed by atoms with Gasteiger partial charge in [0, 0.05) is 12.2 Å². The van der Waals surface area contributed by atoms with Gasteiger partial charge in [-0.3, -0.25) is 10.1 Å². The lowest BCUT2D eigenvalue weighted by Gasteiger charge is -2.13. The largest absolute Gasteiger partial charge is 0.380 e. The molecule has 0 aliphatic heterocycles. The predicted octanol–water partition coefficient (Wildman–Crippen LogP) is 4.39. The van der Waals surface area contributed by atoms with Gasteiger partial charge in [0.05, 0.1) is 4.92 Å². The summed E-state index contributed by atoms with van der Waals surface area (Å²) >= 11 is 0. The standard InChI is InChI=1S/C16H19N3O2/c1-4-17-14-9-6-10-15(16(14)19(20)21)18-13-8-5-7-11(2)12(13)3/h5-10,17-18H,4H2,1-3H3. The molecule has 5 nitrogen and oxygen atoms in total. The molecule has 0 bridgehead atoms. The van der Waals surface area contributed by atoms with Crippen molar-refractivity contribution in [2.75, 3.05) is 17.2 Å². The number of hydrogen-bond donors (Lipinski definition) is 2. The quantitative estimate of drug-likeness (QED) is 0.631. The van der Waals surface area contributed by atoms with Crippen molar-refractivity contribution in [2.45, 2.75) is 20.8 Å². The van der Waals surface area contributed by atoms with Crippen molar-refractivity contribution in [3.63, 3.8) is 0 Å². The number of nitro benzene ring substituents is 1. The lowest BCUT2D eigenvalue weighted by atomic mass is 10.1. The Morgan fingerprint density at radius 1 is 1.05 bits per heavy atom. The van der Waals surface area contributed by atoms with Crippen LogP contribution in [0.2, 0.25) is 0 Å². The highest BCUT2D eigenvalue weighted by Crippen LogP contribution is 2.35. The van der Waals surface area contributed by atoms with Gasteiger partial charge in [0.2, 0.25) is 0 Å². The molecule has 2 rings (SSSR count). The number of anilines is 3. The fourth-order valence-corrected chi connectivity index (χ4v) is 2.21. The van der Waals surface area contributed by atoms with Crippen molar-refractivity contribution in [3.8, 4) is 0 Å². The minimum Gasteiger partial charge on any atom is -0.380 e. The molecule has 0 unspecified atom stereocenters. The predicted molar refractivity (Wildman–Crippen MR) is 86.5 cm³/mol. The van der Waals surface area contributed by atoms with Crippen molar-refractivity contribution >= 4 is 22.7 Å². The monoisotopic (exact) mass is 285 g/mol. The lowest BCUT2D eigenvalue weighted by molar-refractivity contribution is -0.383. The van der Waals surface area contributed by atoms with E-state index in [1.165, 1.54) is 0 Å². The normalized spacial score (nSPS) is 10.2. The van der Waals surface area contributed by atoms with Gasteiger partial charge in [-0.2, -0.15) is 0 Å². The summed E-state index contributed by atoms with van der Waals surface area (Å²) in [5.74, 6) is 0. The number of benzene rings is 2. The Labute approximate surface area is 124 Å². The summed E-state index contributed by atoms with van der Waals surface area (Å²) in [7, 11) is 0. The molecule has 110 valence electrons.